The highest BCUT2D eigenvalue weighted by molar-refractivity contribution is 7.15. The van der Waals surface area contributed by atoms with Crippen LogP contribution in [0.1, 0.15) is 29.2 Å². The molecule has 4 aromatic rings. The van der Waals surface area contributed by atoms with E-state index in [1.807, 2.05) is 64.1 Å². The number of amides is 2. The SMILES string of the molecule is O=C(Cn1c(CC(=O)N2CCCC2)nc2ccccc21)Nc1nnc(Cc2ccccc2)s1. The number of anilines is 1. The second kappa shape index (κ2) is 9.50. The molecule has 0 aliphatic carbocycles. The summed E-state index contributed by atoms with van der Waals surface area (Å²) in [5.41, 5.74) is 2.75. The summed E-state index contributed by atoms with van der Waals surface area (Å²) in [4.78, 5) is 32.1. The van der Waals surface area contributed by atoms with Gasteiger partial charge in [0.25, 0.3) is 0 Å². The van der Waals surface area contributed by atoms with Crippen LogP contribution in [0.3, 0.4) is 0 Å². The predicted molar refractivity (Wildman–Crippen MR) is 127 cm³/mol. The van der Waals surface area contributed by atoms with Crippen molar-refractivity contribution < 1.29 is 9.59 Å². The molecule has 168 valence electrons. The maximum atomic E-state index is 12.9. The van der Waals surface area contributed by atoms with Crippen molar-refractivity contribution in [2.75, 3.05) is 18.4 Å². The first-order valence-corrected chi connectivity index (χ1v) is 11.9. The predicted octanol–water partition coefficient (Wildman–Crippen LogP) is 3.28. The third-order valence-corrected chi connectivity index (χ3v) is 6.55. The van der Waals surface area contributed by atoms with E-state index >= 15 is 0 Å². The molecule has 1 fully saturated rings. The van der Waals surface area contributed by atoms with E-state index in [2.05, 4.69) is 20.5 Å². The van der Waals surface area contributed by atoms with E-state index < -0.39 is 0 Å². The van der Waals surface area contributed by atoms with E-state index in [0.29, 0.717) is 17.4 Å². The van der Waals surface area contributed by atoms with Crippen LogP contribution in [0.2, 0.25) is 0 Å². The number of rotatable bonds is 7. The Hall–Kier alpha value is -3.59. The van der Waals surface area contributed by atoms with Gasteiger partial charge >= 0.3 is 0 Å². The number of carbonyl (C=O) groups excluding carboxylic acids is 2. The summed E-state index contributed by atoms with van der Waals surface area (Å²) < 4.78 is 1.82. The third-order valence-electron chi connectivity index (χ3n) is 5.71. The van der Waals surface area contributed by atoms with E-state index in [4.69, 9.17) is 0 Å². The van der Waals surface area contributed by atoms with Crippen molar-refractivity contribution in [1.82, 2.24) is 24.6 Å². The zero-order chi connectivity index (χ0) is 22.6. The molecule has 8 nitrogen and oxygen atoms in total. The molecule has 0 spiro atoms. The average Bonchev–Trinajstić information content (AvgIpc) is 3.56. The van der Waals surface area contributed by atoms with Crippen molar-refractivity contribution in [2.24, 2.45) is 0 Å². The second-order valence-electron chi connectivity index (χ2n) is 8.08. The first-order chi connectivity index (χ1) is 16.2. The molecular weight excluding hydrogens is 436 g/mol. The summed E-state index contributed by atoms with van der Waals surface area (Å²) in [6, 6.07) is 17.6. The molecular formula is C24H24N6O2S. The number of nitrogens with one attached hydrogen (secondary N) is 1. The lowest BCUT2D eigenvalue weighted by molar-refractivity contribution is -0.129. The highest BCUT2D eigenvalue weighted by Crippen LogP contribution is 2.21. The number of benzene rings is 2. The summed E-state index contributed by atoms with van der Waals surface area (Å²) in [6.07, 6.45) is 2.93. The Morgan fingerprint density at radius 3 is 2.55 bits per heavy atom. The number of fused-ring (bicyclic) bond motifs is 1. The molecule has 1 N–H and O–H groups in total. The van der Waals surface area contributed by atoms with Crippen molar-refractivity contribution in [2.45, 2.75) is 32.2 Å². The smallest absolute Gasteiger partial charge is 0.246 e. The number of likely N-dealkylation sites (tertiary alicyclic amines) is 1. The van der Waals surface area contributed by atoms with Crippen LogP contribution in [0.25, 0.3) is 11.0 Å². The zero-order valence-corrected chi connectivity index (χ0v) is 18.9. The van der Waals surface area contributed by atoms with Gasteiger partial charge in [0.2, 0.25) is 16.9 Å². The maximum Gasteiger partial charge on any atom is 0.246 e. The molecule has 2 aromatic heterocycles. The Bertz CT molecular complexity index is 1280. The lowest BCUT2D eigenvalue weighted by Crippen LogP contribution is -2.30. The van der Waals surface area contributed by atoms with Gasteiger partial charge in [0.05, 0.1) is 17.5 Å². The summed E-state index contributed by atoms with van der Waals surface area (Å²) >= 11 is 1.36. The minimum Gasteiger partial charge on any atom is -0.342 e. The van der Waals surface area contributed by atoms with E-state index in [1.165, 1.54) is 11.3 Å². The fraction of sp³-hybridized carbons (Fsp3) is 0.292. The van der Waals surface area contributed by atoms with Crippen LogP contribution in [-0.4, -0.2) is 49.6 Å². The molecule has 2 aromatic carbocycles. The van der Waals surface area contributed by atoms with Crippen molar-refractivity contribution in [3.63, 3.8) is 0 Å². The van der Waals surface area contributed by atoms with Gasteiger partial charge in [-0.1, -0.05) is 53.8 Å². The first-order valence-electron chi connectivity index (χ1n) is 11.0. The Labute approximate surface area is 195 Å². The van der Waals surface area contributed by atoms with Crippen molar-refractivity contribution in [3.05, 3.63) is 71.0 Å². The Kier molecular flexibility index (Phi) is 6.12. The van der Waals surface area contributed by atoms with Crippen LogP contribution in [0.15, 0.2) is 54.6 Å². The Balaban J connectivity index is 1.30. The standard InChI is InChI=1S/C24H24N6O2S/c31-21(26-24-28-27-22(33-24)14-17-8-2-1-3-9-17)16-30-19-11-5-4-10-18(19)25-20(30)15-23(32)29-12-6-7-13-29/h1-5,8-11H,6-7,12-16H2,(H,26,28,31). The fourth-order valence-corrected chi connectivity index (χ4v) is 4.89. The molecule has 9 heteroatoms. The first kappa shape index (κ1) is 21.3. The average molecular weight is 461 g/mol. The largest absolute Gasteiger partial charge is 0.342 e. The molecule has 0 atom stereocenters. The minimum atomic E-state index is -0.226. The van der Waals surface area contributed by atoms with Gasteiger partial charge in [-0.25, -0.2) is 4.98 Å². The number of carbonyl (C=O) groups is 2. The molecule has 0 bridgehead atoms. The van der Waals surface area contributed by atoms with E-state index in [9.17, 15) is 9.59 Å². The molecule has 1 saturated heterocycles. The fourth-order valence-electron chi connectivity index (χ4n) is 4.10. The molecule has 0 saturated carbocycles. The Morgan fingerprint density at radius 1 is 0.970 bits per heavy atom. The molecule has 0 unspecified atom stereocenters. The second-order valence-corrected chi connectivity index (χ2v) is 9.14. The minimum absolute atomic E-state index is 0.0523. The molecule has 5 rings (SSSR count). The van der Waals surface area contributed by atoms with E-state index in [-0.39, 0.29) is 24.8 Å². The molecule has 2 amide bonds. The van der Waals surface area contributed by atoms with Gasteiger partial charge < -0.3 is 9.47 Å². The summed E-state index contributed by atoms with van der Waals surface area (Å²) in [7, 11) is 0. The maximum absolute atomic E-state index is 12.9. The molecule has 1 aliphatic rings. The number of hydrogen-bond donors (Lipinski definition) is 1. The lowest BCUT2D eigenvalue weighted by atomic mass is 10.2. The van der Waals surface area contributed by atoms with Crippen LogP contribution in [0.4, 0.5) is 5.13 Å². The van der Waals surface area contributed by atoms with Gasteiger partial charge in [-0.15, -0.1) is 10.2 Å². The van der Waals surface area contributed by atoms with Gasteiger partial charge in [-0.2, -0.15) is 0 Å². The van der Waals surface area contributed by atoms with Gasteiger partial charge in [-0.05, 0) is 30.5 Å². The summed E-state index contributed by atoms with van der Waals surface area (Å²) in [5.74, 6) is 0.430. The summed E-state index contributed by atoms with van der Waals surface area (Å²) in [5, 5.41) is 12.5. The number of hydrogen-bond acceptors (Lipinski definition) is 6. The van der Waals surface area contributed by atoms with Crippen molar-refractivity contribution >= 4 is 39.3 Å². The summed E-state index contributed by atoms with van der Waals surface area (Å²) in [6.45, 7) is 1.64. The van der Waals surface area contributed by atoms with Gasteiger partial charge in [0.15, 0.2) is 0 Å². The monoisotopic (exact) mass is 460 g/mol. The van der Waals surface area contributed by atoms with Crippen LogP contribution in [-0.2, 0) is 29.0 Å². The molecule has 3 heterocycles. The van der Waals surface area contributed by atoms with E-state index in [0.717, 1.165) is 47.5 Å². The van der Waals surface area contributed by atoms with E-state index in [1.54, 1.807) is 0 Å². The molecule has 33 heavy (non-hydrogen) atoms. The number of aromatic nitrogens is 4. The topological polar surface area (TPSA) is 93.0 Å². The van der Waals surface area contributed by atoms with Crippen molar-refractivity contribution in [1.29, 1.82) is 0 Å². The number of imidazole rings is 1. The molecule has 1 aliphatic heterocycles. The lowest BCUT2D eigenvalue weighted by Gasteiger charge is -2.15. The van der Waals surface area contributed by atoms with Gasteiger partial charge in [-0.3, -0.25) is 14.9 Å². The van der Waals surface area contributed by atoms with Crippen LogP contribution < -0.4 is 5.32 Å². The van der Waals surface area contributed by atoms with Crippen molar-refractivity contribution in [3.8, 4) is 0 Å². The zero-order valence-electron chi connectivity index (χ0n) is 18.1. The van der Waals surface area contributed by atoms with Crippen LogP contribution >= 0.6 is 11.3 Å². The van der Waals surface area contributed by atoms with Gasteiger partial charge in [0, 0.05) is 19.5 Å². The third kappa shape index (κ3) is 4.93. The van der Waals surface area contributed by atoms with Crippen LogP contribution in [0, 0.1) is 0 Å². The van der Waals surface area contributed by atoms with Gasteiger partial charge in [0.1, 0.15) is 17.4 Å². The quantitative estimate of drug-likeness (QED) is 0.457. The molecule has 0 radical (unpaired) electrons. The Morgan fingerprint density at radius 2 is 1.73 bits per heavy atom. The highest BCUT2D eigenvalue weighted by Gasteiger charge is 2.22. The number of para-hydroxylation sites is 2. The normalized spacial score (nSPS) is 13.5. The highest BCUT2D eigenvalue weighted by atomic mass is 32.1. The van der Waals surface area contributed by atoms with Crippen LogP contribution in [0.5, 0.6) is 0 Å². The number of nitrogens with zero attached hydrogens (tertiary/aromatic N) is 5.